The maximum absolute atomic E-state index is 15.0. The van der Waals surface area contributed by atoms with Crippen molar-refractivity contribution in [2.45, 2.75) is 31.2 Å². The van der Waals surface area contributed by atoms with Gasteiger partial charge in [0.2, 0.25) is 16.0 Å². The summed E-state index contributed by atoms with van der Waals surface area (Å²) in [5.41, 5.74) is 5.66. The lowest BCUT2D eigenvalue weighted by Crippen LogP contribution is -2.50. The van der Waals surface area contributed by atoms with Gasteiger partial charge in [-0.15, -0.1) is 11.3 Å². The number of hydrogen-bond donors (Lipinski definition) is 1. The Hall–Kier alpha value is -2.86. The predicted octanol–water partition coefficient (Wildman–Crippen LogP) is 2.68. The lowest BCUT2D eigenvalue weighted by molar-refractivity contribution is 0.421. The first-order chi connectivity index (χ1) is 14.7. The molecule has 3 aromatic rings. The van der Waals surface area contributed by atoms with Gasteiger partial charge in [0.05, 0.1) is 10.6 Å². The van der Waals surface area contributed by atoms with E-state index >= 15 is 0 Å². The van der Waals surface area contributed by atoms with E-state index in [1.54, 1.807) is 25.3 Å². The van der Waals surface area contributed by atoms with Crippen molar-refractivity contribution in [2.75, 3.05) is 12.8 Å². The minimum absolute atomic E-state index is 0.169. The minimum Gasteiger partial charge on any atom is -0.369 e. The van der Waals surface area contributed by atoms with Crippen LogP contribution in [0, 0.1) is 5.82 Å². The highest BCUT2D eigenvalue weighted by Gasteiger charge is 2.43. The van der Waals surface area contributed by atoms with Crippen LogP contribution in [0.25, 0.3) is 22.0 Å². The van der Waals surface area contributed by atoms with E-state index in [-0.39, 0.29) is 16.6 Å². The summed E-state index contributed by atoms with van der Waals surface area (Å²) in [6, 6.07) is 4.84. The third kappa shape index (κ3) is 3.49. The molecule has 1 unspecified atom stereocenters. The molecular formula is C19H19FN6O3S2. The maximum atomic E-state index is 15.0. The van der Waals surface area contributed by atoms with Gasteiger partial charge in [-0.3, -0.25) is 4.98 Å². The van der Waals surface area contributed by atoms with Crippen LogP contribution in [-0.4, -0.2) is 46.6 Å². The van der Waals surface area contributed by atoms with E-state index in [0.29, 0.717) is 33.8 Å². The molecule has 31 heavy (non-hydrogen) atoms. The highest BCUT2D eigenvalue weighted by molar-refractivity contribution is 7.89. The summed E-state index contributed by atoms with van der Waals surface area (Å²) in [4.78, 5) is 13.8. The van der Waals surface area contributed by atoms with Crippen LogP contribution in [-0.2, 0) is 15.6 Å². The Balaban J connectivity index is 1.51. The van der Waals surface area contributed by atoms with Crippen LogP contribution in [0.2, 0.25) is 0 Å². The monoisotopic (exact) mass is 462 g/mol. The number of hydrogen-bond acceptors (Lipinski definition) is 9. The molecule has 2 aliphatic rings. The zero-order chi connectivity index (χ0) is 22.0. The molecule has 1 fully saturated rings. The largest absolute Gasteiger partial charge is 0.369 e. The summed E-state index contributed by atoms with van der Waals surface area (Å²) >= 11 is 1.13. The minimum atomic E-state index is -3.70. The van der Waals surface area contributed by atoms with Gasteiger partial charge in [-0.2, -0.15) is 4.98 Å². The normalized spacial score (nSPS) is 23.1. The fourth-order valence-corrected chi connectivity index (χ4v) is 6.14. The van der Waals surface area contributed by atoms with Crippen LogP contribution < -0.4 is 5.73 Å². The molecule has 12 heteroatoms. The van der Waals surface area contributed by atoms with Crippen molar-refractivity contribution < 1.29 is 17.3 Å². The molecule has 0 bridgehead atoms. The van der Waals surface area contributed by atoms with Crippen LogP contribution in [0.3, 0.4) is 0 Å². The second kappa shape index (κ2) is 6.82. The number of guanidine groups is 1. The van der Waals surface area contributed by atoms with Gasteiger partial charge in [0.15, 0.2) is 5.82 Å². The van der Waals surface area contributed by atoms with Crippen LogP contribution in [0.4, 0.5) is 4.39 Å². The Labute approximate surface area is 181 Å². The number of aromatic nitrogens is 3. The number of sulfonamides is 1. The highest BCUT2D eigenvalue weighted by Crippen LogP contribution is 2.42. The van der Waals surface area contributed by atoms with Crippen molar-refractivity contribution in [3.63, 3.8) is 0 Å². The molecule has 5 rings (SSSR count). The third-order valence-electron chi connectivity index (χ3n) is 5.39. The molecule has 3 aromatic heterocycles. The van der Waals surface area contributed by atoms with Gasteiger partial charge in [-0.25, -0.2) is 22.1 Å². The molecule has 0 radical (unpaired) electrons. The van der Waals surface area contributed by atoms with E-state index in [1.165, 1.54) is 13.1 Å². The zero-order valence-corrected chi connectivity index (χ0v) is 18.4. The summed E-state index contributed by atoms with van der Waals surface area (Å²) in [5.74, 6) is 0.268. The average molecular weight is 463 g/mol. The molecule has 9 nitrogen and oxygen atoms in total. The molecule has 1 atom stereocenters. The van der Waals surface area contributed by atoms with Crippen molar-refractivity contribution in [1.82, 2.24) is 19.4 Å². The SMILES string of the molecule is CN1C(N)=NC(C)(c2sc(-c3ccnc(-c4nc(C5CC5)no4)c3)cc2F)CS1(=O)=O. The second-order valence-electron chi connectivity index (χ2n) is 7.92. The zero-order valence-electron chi connectivity index (χ0n) is 16.7. The molecular weight excluding hydrogens is 443 g/mol. The number of thiophene rings is 1. The van der Waals surface area contributed by atoms with Crippen molar-refractivity contribution >= 4 is 27.3 Å². The Morgan fingerprint density at radius 1 is 1.35 bits per heavy atom. The smallest absolute Gasteiger partial charge is 0.276 e. The van der Waals surface area contributed by atoms with E-state index in [4.69, 9.17) is 10.3 Å². The molecule has 4 heterocycles. The van der Waals surface area contributed by atoms with E-state index in [9.17, 15) is 12.8 Å². The van der Waals surface area contributed by atoms with Gasteiger partial charge in [0.1, 0.15) is 17.1 Å². The van der Waals surface area contributed by atoms with E-state index in [2.05, 4.69) is 20.1 Å². The van der Waals surface area contributed by atoms with Crippen LogP contribution >= 0.6 is 11.3 Å². The average Bonchev–Trinajstić information content (AvgIpc) is 3.30. The van der Waals surface area contributed by atoms with E-state index in [0.717, 1.165) is 28.5 Å². The summed E-state index contributed by atoms with van der Waals surface area (Å²) < 4.78 is 46.1. The summed E-state index contributed by atoms with van der Waals surface area (Å²) in [5, 5.41) is 4.00. The molecule has 1 aliphatic carbocycles. The number of nitrogens with zero attached hydrogens (tertiary/aromatic N) is 5. The van der Waals surface area contributed by atoms with Gasteiger partial charge < -0.3 is 10.3 Å². The first-order valence-corrected chi connectivity index (χ1v) is 12.0. The van der Waals surface area contributed by atoms with Crippen molar-refractivity contribution in [3.05, 3.63) is 40.9 Å². The van der Waals surface area contributed by atoms with E-state index < -0.39 is 21.4 Å². The summed E-state index contributed by atoms with van der Waals surface area (Å²) in [6.07, 6.45) is 3.70. The summed E-state index contributed by atoms with van der Waals surface area (Å²) in [7, 11) is -2.37. The second-order valence-corrected chi connectivity index (χ2v) is 11.0. The van der Waals surface area contributed by atoms with Crippen LogP contribution in [0.15, 0.2) is 33.9 Å². The number of nitrogens with two attached hydrogens (primary N) is 1. The number of pyridine rings is 1. The number of halogens is 1. The lowest BCUT2D eigenvalue weighted by Gasteiger charge is -2.33. The summed E-state index contributed by atoms with van der Waals surface area (Å²) in [6.45, 7) is 1.57. The third-order valence-corrected chi connectivity index (χ3v) is 8.75. The Morgan fingerprint density at radius 3 is 2.84 bits per heavy atom. The van der Waals surface area contributed by atoms with Gasteiger partial charge in [-0.1, -0.05) is 5.16 Å². The number of rotatable bonds is 4. The topological polar surface area (TPSA) is 128 Å². The molecule has 1 saturated carbocycles. The van der Waals surface area contributed by atoms with Gasteiger partial charge in [0, 0.05) is 24.0 Å². The van der Waals surface area contributed by atoms with Crippen molar-refractivity contribution in [3.8, 4) is 22.0 Å². The van der Waals surface area contributed by atoms with Crippen LogP contribution in [0.5, 0.6) is 0 Å². The fraction of sp³-hybridized carbons (Fsp3) is 0.368. The van der Waals surface area contributed by atoms with Gasteiger partial charge in [-0.05, 0) is 43.5 Å². The molecule has 0 amide bonds. The molecule has 162 valence electrons. The van der Waals surface area contributed by atoms with Gasteiger partial charge >= 0.3 is 0 Å². The molecule has 0 spiro atoms. The maximum Gasteiger partial charge on any atom is 0.276 e. The Morgan fingerprint density at radius 2 is 2.13 bits per heavy atom. The van der Waals surface area contributed by atoms with Crippen molar-refractivity contribution in [2.24, 2.45) is 10.7 Å². The van der Waals surface area contributed by atoms with Crippen molar-refractivity contribution in [1.29, 1.82) is 0 Å². The van der Waals surface area contributed by atoms with E-state index in [1.807, 2.05) is 0 Å². The lowest BCUT2D eigenvalue weighted by atomic mass is 10.0. The van der Waals surface area contributed by atoms with Gasteiger partial charge in [0.25, 0.3) is 5.89 Å². The molecule has 2 N–H and O–H groups in total. The molecule has 0 aromatic carbocycles. The van der Waals surface area contributed by atoms with Crippen LogP contribution in [0.1, 0.15) is 36.4 Å². The Bertz CT molecular complexity index is 1310. The first-order valence-electron chi connectivity index (χ1n) is 9.58. The first kappa shape index (κ1) is 20.1. The predicted molar refractivity (Wildman–Crippen MR) is 113 cm³/mol. The molecule has 1 aliphatic heterocycles. The number of aliphatic imine (C=N–C) groups is 1. The molecule has 0 saturated heterocycles. The Kier molecular flexibility index (Phi) is 4.42. The highest BCUT2D eigenvalue weighted by atomic mass is 32.2. The fourth-order valence-electron chi connectivity index (χ4n) is 3.49. The standard InChI is InChI=1S/C19H19FN6O3S2/c1-19(9-31(27,28)26(2)18(21)24-19)15-12(20)8-14(30-15)11-5-6-22-13(7-11)17-23-16(25-29-17)10-3-4-10/h5-8,10H,3-4,9H2,1-2H3,(H2,21,24). The quantitative estimate of drug-likeness (QED) is 0.631.